The average molecular weight is 375 g/mol. The SMILES string of the molecule is CCNC(=NCC(c1cccs1)N1CCCC1)NCCn1cc(C)cn1. The highest BCUT2D eigenvalue weighted by Gasteiger charge is 2.24. The molecule has 0 saturated carbocycles. The molecule has 0 spiro atoms. The Morgan fingerprint density at radius 1 is 1.35 bits per heavy atom. The number of rotatable bonds is 8. The molecule has 142 valence electrons. The van der Waals surface area contributed by atoms with Crippen LogP contribution in [0.25, 0.3) is 0 Å². The van der Waals surface area contributed by atoms with Crippen molar-refractivity contribution in [2.45, 2.75) is 39.3 Å². The predicted octanol–water partition coefficient (Wildman–Crippen LogP) is 2.65. The van der Waals surface area contributed by atoms with Crippen molar-refractivity contribution < 1.29 is 0 Å². The summed E-state index contributed by atoms with van der Waals surface area (Å²) in [6.07, 6.45) is 6.55. The number of likely N-dealkylation sites (tertiary alicyclic amines) is 1. The normalized spacial score (nSPS) is 16.8. The molecule has 0 bridgehead atoms. The van der Waals surface area contributed by atoms with Crippen molar-refractivity contribution in [1.29, 1.82) is 0 Å². The van der Waals surface area contributed by atoms with E-state index >= 15 is 0 Å². The maximum absolute atomic E-state index is 4.88. The van der Waals surface area contributed by atoms with E-state index in [-0.39, 0.29) is 0 Å². The Hall–Kier alpha value is -1.86. The van der Waals surface area contributed by atoms with E-state index in [1.54, 1.807) is 0 Å². The molecule has 1 aliphatic heterocycles. The summed E-state index contributed by atoms with van der Waals surface area (Å²) in [7, 11) is 0. The third-order valence-corrected chi connectivity index (χ3v) is 5.59. The van der Waals surface area contributed by atoms with Gasteiger partial charge in [-0.05, 0) is 56.8 Å². The minimum absolute atomic E-state index is 0.390. The number of hydrogen-bond donors (Lipinski definition) is 2. The molecular weight excluding hydrogens is 344 g/mol. The Kier molecular flexibility index (Phi) is 7.08. The first-order valence-corrected chi connectivity index (χ1v) is 10.4. The summed E-state index contributed by atoms with van der Waals surface area (Å²) in [6.45, 7) is 9.81. The van der Waals surface area contributed by atoms with Crippen LogP contribution in [-0.4, -0.2) is 53.4 Å². The van der Waals surface area contributed by atoms with Gasteiger partial charge in [-0.25, -0.2) is 0 Å². The van der Waals surface area contributed by atoms with Crippen LogP contribution in [0, 0.1) is 6.92 Å². The number of thiophene rings is 1. The third-order valence-electron chi connectivity index (χ3n) is 4.62. The van der Waals surface area contributed by atoms with Crippen molar-refractivity contribution in [3.8, 4) is 0 Å². The molecule has 1 unspecified atom stereocenters. The summed E-state index contributed by atoms with van der Waals surface area (Å²) >= 11 is 1.84. The van der Waals surface area contributed by atoms with Crippen molar-refractivity contribution >= 4 is 17.3 Å². The van der Waals surface area contributed by atoms with E-state index in [2.05, 4.69) is 58.2 Å². The number of nitrogens with one attached hydrogen (secondary N) is 2. The molecular formula is C19H30N6S. The van der Waals surface area contributed by atoms with Gasteiger partial charge in [0.05, 0.1) is 25.3 Å². The summed E-state index contributed by atoms with van der Waals surface area (Å²) in [5.74, 6) is 0.886. The summed E-state index contributed by atoms with van der Waals surface area (Å²) in [5.41, 5.74) is 1.19. The molecule has 3 rings (SSSR count). The van der Waals surface area contributed by atoms with Gasteiger partial charge in [0, 0.05) is 24.2 Å². The molecule has 2 N–H and O–H groups in total. The van der Waals surface area contributed by atoms with Crippen molar-refractivity contribution in [2.24, 2.45) is 4.99 Å². The summed E-state index contributed by atoms with van der Waals surface area (Å²) in [5, 5.41) is 13.3. The molecule has 7 heteroatoms. The second kappa shape index (κ2) is 9.73. The zero-order valence-corrected chi connectivity index (χ0v) is 16.6. The zero-order valence-electron chi connectivity index (χ0n) is 15.8. The lowest BCUT2D eigenvalue weighted by molar-refractivity contribution is 0.255. The summed E-state index contributed by atoms with van der Waals surface area (Å²) in [4.78, 5) is 8.87. The lowest BCUT2D eigenvalue weighted by Gasteiger charge is -2.25. The third kappa shape index (κ3) is 5.32. The van der Waals surface area contributed by atoms with Gasteiger partial charge in [0.15, 0.2) is 5.96 Å². The van der Waals surface area contributed by atoms with Crippen LogP contribution in [0.1, 0.15) is 36.2 Å². The number of nitrogens with zero attached hydrogens (tertiary/aromatic N) is 4. The van der Waals surface area contributed by atoms with Gasteiger partial charge in [-0.15, -0.1) is 11.3 Å². The second-order valence-corrected chi connectivity index (χ2v) is 7.68. The fourth-order valence-electron chi connectivity index (χ4n) is 3.32. The Labute approximate surface area is 160 Å². The number of aliphatic imine (C=N–C) groups is 1. The number of aromatic nitrogens is 2. The fourth-order valence-corrected chi connectivity index (χ4v) is 4.17. The molecule has 0 amide bonds. The Bertz CT molecular complexity index is 672. The fraction of sp³-hybridized carbons (Fsp3) is 0.579. The second-order valence-electron chi connectivity index (χ2n) is 6.70. The smallest absolute Gasteiger partial charge is 0.191 e. The van der Waals surface area contributed by atoms with Gasteiger partial charge in [-0.1, -0.05) is 6.07 Å². The molecule has 1 atom stereocenters. The minimum Gasteiger partial charge on any atom is -0.357 e. The van der Waals surface area contributed by atoms with Gasteiger partial charge in [0.25, 0.3) is 0 Å². The van der Waals surface area contributed by atoms with E-state index < -0.39 is 0 Å². The van der Waals surface area contributed by atoms with Gasteiger partial charge in [-0.3, -0.25) is 14.6 Å². The zero-order chi connectivity index (χ0) is 18.2. The molecule has 0 aromatic carbocycles. The summed E-state index contributed by atoms with van der Waals surface area (Å²) < 4.78 is 1.96. The van der Waals surface area contributed by atoms with Crippen molar-refractivity contribution in [2.75, 3.05) is 32.7 Å². The van der Waals surface area contributed by atoms with Crippen molar-refractivity contribution in [1.82, 2.24) is 25.3 Å². The maximum Gasteiger partial charge on any atom is 0.191 e. The molecule has 2 aromatic heterocycles. The first-order chi connectivity index (χ1) is 12.8. The van der Waals surface area contributed by atoms with E-state index in [4.69, 9.17) is 4.99 Å². The Morgan fingerprint density at radius 2 is 2.19 bits per heavy atom. The van der Waals surface area contributed by atoms with Gasteiger partial charge in [-0.2, -0.15) is 5.10 Å². The molecule has 0 radical (unpaired) electrons. The average Bonchev–Trinajstić information content (AvgIpc) is 3.38. The van der Waals surface area contributed by atoms with Crippen LogP contribution < -0.4 is 10.6 Å². The van der Waals surface area contributed by atoms with Crippen LogP contribution in [0.2, 0.25) is 0 Å². The van der Waals surface area contributed by atoms with E-state index in [1.807, 2.05) is 22.2 Å². The number of guanidine groups is 1. The van der Waals surface area contributed by atoms with Crippen LogP contribution in [0.5, 0.6) is 0 Å². The highest BCUT2D eigenvalue weighted by atomic mass is 32.1. The monoisotopic (exact) mass is 374 g/mol. The van der Waals surface area contributed by atoms with Crippen molar-refractivity contribution in [3.63, 3.8) is 0 Å². The lowest BCUT2D eigenvalue weighted by Crippen LogP contribution is -2.39. The molecule has 1 aliphatic rings. The quantitative estimate of drug-likeness (QED) is 0.551. The highest BCUT2D eigenvalue weighted by molar-refractivity contribution is 7.10. The highest BCUT2D eigenvalue weighted by Crippen LogP contribution is 2.28. The van der Waals surface area contributed by atoms with E-state index in [9.17, 15) is 0 Å². The largest absolute Gasteiger partial charge is 0.357 e. The lowest BCUT2D eigenvalue weighted by atomic mass is 10.2. The first kappa shape index (κ1) is 18.9. The Balaban J connectivity index is 1.58. The molecule has 3 heterocycles. The summed E-state index contributed by atoms with van der Waals surface area (Å²) in [6, 6.07) is 4.77. The van der Waals surface area contributed by atoms with Crippen LogP contribution in [-0.2, 0) is 6.54 Å². The molecule has 2 aromatic rings. The van der Waals surface area contributed by atoms with Crippen LogP contribution in [0.3, 0.4) is 0 Å². The molecule has 1 fully saturated rings. The Morgan fingerprint density at radius 3 is 2.85 bits per heavy atom. The van der Waals surface area contributed by atoms with Crippen LogP contribution in [0.4, 0.5) is 0 Å². The van der Waals surface area contributed by atoms with E-state index in [1.165, 1.54) is 36.4 Å². The maximum atomic E-state index is 4.88. The number of hydrogen-bond acceptors (Lipinski definition) is 4. The van der Waals surface area contributed by atoms with Gasteiger partial charge in [0.2, 0.25) is 0 Å². The minimum atomic E-state index is 0.390. The molecule has 26 heavy (non-hydrogen) atoms. The topological polar surface area (TPSA) is 57.5 Å². The standard InChI is InChI=1S/C19H30N6S/c1-3-20-19(21-8-11-25-15-16(2)13-23-25)22-14-17(18-7-6-12-26-18)24-9-4-5-10-24/h6-7,12-13,15,17H,3-5,8-11,14H2,1-2H3,(H2,20,21,22). The molecule has 1 saturated heterocycles. The molecule has 0 aliphatic carbocycles. The molecule has 6 nitrogen and oxygen atoms in total. The van der Waals surface area contributed by atoms with E-state index in [0.717, 1.165) is 32.1 Å². The van der Waals surface area contributed by atoms with Crippen LogP contribution in [0.15, 0.2) is 34.9 Å². The van der Waals surface area contributed by atoms with Crippen molar-refractivity contribution in [3.05, 3.63) is 40.3 Å². The number of aryl methyl sites for hydroxylation is 1. The first-order valence-electron chi connectivity index (χ1n) is 9.55. The van der Waals surface area contributed by atoms with E-state index in [0.29, 0.717) is 6.04 Å². The van der Waals surface area contributed by atoms with Gasteiger partial charge >= 0.3 is 0 Å². The van der Waals surface area contributed by atoms with Gasteiger partial charge < -0.3 is 10.6 Å². The predicted molar refractivity (Wildman–Crippen MR) is 109 cm³/mol. The van der Waals surface area contributed by atoms with Gasteiger partial charge in [0.1, 0.15) is 0 Å². The van der Waals surface area contributed by atoms with Crippen LogP contribution >= 0.6 is 11.3 Å².